The quantitative estimate of drug-likeness (QED) is 0.721. The van der Waals surface area contributed by atoms with Gasteiger partial charge in [0.25, 0.3) is 0 Å². The molecule has 0 fully saturated rings. The molecule has 3 rings (SSSR count). The SMILES string of the molecule is COC(=O)c1ccc(CNCc2ccc3ncccc3c2Cl)cn1. The van der Waals surface area contributed by atoms with Gasteiger partial charge in [0, 0.05) is 30.9 Å². The first-order valence-corrected chi connectivity index (χ1v) is 7.83. The van der Waals surface area contributed by atoms with Crippen molar-refractivity contribution >= 4 is 28.5 Å². The smallest absolute Gasteiger partial charge is 0.356 e. The zero-order valence-electron chi connectivity index (χ0n) is 13.1. The fraction of sp³-hybridized carbons (Fsp3) is 0.167. The first kappa shape index (κ1) is 16.4. The summed E-state index contributed by atoms with van der Waals surface area (Å²) in [5, 5.41) is 4.99. The number of hydrogen-bond acceptors (Lipinski definition) is 5. The number of benzene rings is 1. The Kier molecular flexibility index (Phi) is 5.03. The third-order valence-electron chi connectivity index (χ3n) is 3.66. The number of carbonyl (C=O) groups is 1. The molecule has 1 aromatic carbocycles. The molecular formula is C18H16ClN3O2. The zero-order valence-corrected chi connectivity index (χ0v) is 13.9. The van der Waals surface area contributed by atoms with Crippen LogP contribution < -0.4 is 5.32 Å². The minimum absolute atomic E-state index is 0.298. The average molecular weight is 342 g/mol. The molecule has 0 aliphatic rings. The molecule has 3 aromatic rings. The molecule has 0 spiro atoms. The van der Waals surface area contributed by atoms with E-state index in [1.54, 1.807) is 18.5 Å². The van der Waals surface area contributed by atoms with Crippen molar-refractivity contribution in [3.8, 4) is 0 Å². The monoisotopic (exact) mass is 341 g/mol. The molecule has 1 N–H and O–H groups in total. The summed E-state index contributed by atoms with van der Waals surface area (Å²) in [5.74, 6) is -0.439. The van der Waals surface area contributed by atoms with Gasteiger partial charge in [-0.2, -0.15) is 0 Å². The molecule has 24 heavy (non-hydrogen) atoms. The van der Waals surface area contributed by atoms with E-state index in [9.17, 15) is 4.79 Å². The van der Waals surface area contributed by atoms with Crippen molar-refractivity contribution < 1.29 is 9.53 Å². The first-order valence-electron chi connectivity index (χ1n) is 7.45. The lowest BCUT2D eigenvalue weighted by atomic mass is 10.1. The molecule has 0 radical (unpaired) electrons. The molecule has 2 heterocycles. The normalized spacial score (nSPS) is 10.8. The summed E-state index contributed by atoms with van der Waals surface area (Å²) < 4.78 is 4.63. The number of aromatic nitrogens is 2. The van der Waals surface area contributed by atoms with E-state index in [0.29, 0.717) is 23.8 Å². The lowest BCUT2D eigenvalue weighted by molar-refractivity contribution is 0.0594. The Morgan fingerprint density at radius 2 is 2.04 bits per heavy atom. The highest BCUT2D eigenvalue weighted by molar-refractivity contribution is 6.36. The van der Waals surface area contributed by atoms with E-state index in [0.717, 1.165) is 22.0 Å². The molecular weight excluding hydrogens is 326 g/mol. The molecule has 0 saturated carbocycles. The predicted octanol–water partition coefficient (Wildman–Crippen LogP) is 3.36. The summed E-state index contributed by atoms with van der Waals surface area (Å²) in [6, 6.07) is 11.3. The summed E-state index contributed by atoms with van der Waals surface area (Å²) >= 11 is 6.45. The maximum Gasteiger partial charge on any atom is 0.356 e. The van der Waals surface area contributed by atoms with E-state index < -0.39 is 5.97 Å². The van der Waals surface area contributed by atoms with E-state index >= 15 is 0 Å². The van der Waals surface area contributed by atoms with E-state index in [1.165, 1.54) is 7.11 Å². The van der Waals surface area contributed by atoms with Crippen LogP contribution in [0.3, 0.4) is 0 Å². The lowest BCUT2D eigenvalue weighted by Gasteiger charge is -2.09. The molecule has 0 aliphatic heterocycles. The van der Waals surface area contributed by atoms with Gasteiger partial charge in [-0.05, 0) is 35.4 Å². The van der Waals surface area contributed by atoms with Gasteiger partial charge in [0.05, 0.1) is 17.6 Å². The highest BCUT2D eigenvalue weighted by atomic mass is 35.5. The van der Waals surface area contributed by atoms with Crippen LogP contribution in [-0.2, 0) is 17.8 Å². The first-order chi connectivity index (χ1) is 11.7. The van der Waals surface area contributed by atoms with E-state index in [1.807, 2.05) is 30.3 Å². The van der Waals surface area contributed by atoms with Crippen molar-refractivity contribution in [2.24, 2.45) is 0 Å². The molecule has 0 aliphatic carbocycles. The molecule has 2 aromatic heterocycles. The molecule has 5 nitrogen and oxygen atoms in total. The van der Waals surface area contributed by atoms with Crippen LogP contribution in [0.15, 0.2) is 48.8 Å². The minimum atomic E-state index is -0.439. The van der Waals surface area contributed by atoms with Gasteiger partial charge in [-0.3, -0.25) is 4.98 Å². The highest BCUT2D eigenvalue weighted by Gasteiger charge is 2.07. The Bertz CT molecular complexity index is 866. The zero-order chi connectivity index (χ0) is 16.9. The van der Waals surface area contributed by atoms with Gasteiger partial charge >= 0.3 is 5.97 Å². The van der Waals surface area contributed by atoms with Gasteiger partial charge in [-0.25, -0.2) is 9.78 Å². The number of fused-ring (bicyclic) bond motifs is 1. The molecule has 0 amide bonds. The van der Waals surface area contributed by atoms with Gasteiger partial charge in [0.2, 0.25) is 0 Å². The average Bonchev–Trinajstić information content (AvgIpc) is 2.64. The third kappa shape index (κ3) is 3.53. The van der Waals surface area contributed by atoms with Crippen LogP contribution in [0, 0.1) is 0 Å². The lowest BCUT2D eigenvalue weighted by Crippen LogP contribution is -2.14. The van der Waals surface area contributed by atoms with E-state index in [2.05, 4.69) is 20.0 Å². The standard InChI is InChI=1S/C18H16ClN3O2/c1-24-18(23)16-6-4-12(10-22-16)9-20-11-13-5-7-15-14(17(13)19)3-2-8-21-15/h2-8,10,20H,9,11H2,1H3. The maximum absolute atomic E-state index is 11.3. The summed E-state index contributed by atoms with van der Waals surface area (Å²) in [6.45, 7) is 1.25. The number of ether oxygens (including phenoxy) is 1. The number of methoxy groups -OCH3 is 1. The fourth-order valence-corrected chi connectivity index (χ4v) is 2.68. The molecule has 0 atom stereocenters. The summed E-state index contributed by atoms with van der Waals surface area (Å²) in [6.07, 6.45) is 3.41. The van der Waals surface area contributed by atoms with Crippen LogP contribution in [0.25, 0.3) is 10.9 Å². The van der Waals surface area contributed by atoms with Crippen LogP contribution >= 0.6 is 11.6 Å². The van der Waals surface area contributed by atoms with Crippen molar-refractivity contribution in [3.63, 3.8) is 0 Å². The highest BCUT2D eigenvalue weighted by Crippen LogP contribution is 2.25. The second-order valence-corrected chi connectivity index (χ2v) is 5.63. The van der Waals surface area contributed by atoms with Gasteiger partial charge in [0.1, 0.15) is 5.69 Å². The van der Waals surface area contributed by atoms with Crippen LogP contribution in [0.4, 0.5) is 0 Å². The van der Waals surface area contributed by atoms with Gasteiger partial charge in [0.15, 0.2) is 0 Å². The number of esters is 1. The van der Waals surface area contributed by atoms with Crippen molar-refractivity contribution in [2.75, 3.05) is 7.11 Å². The van der Waals surface area contributed by atoms with Crippen molar-refractivity contribution in [3.05, 3.63) is 70.6 Å². The van der Waals surface area contributed by atoms with Crippen LogP contribution in [0.1, 0.15) is 21.6 Å². The number of nitrogens with zero attached hydrogens (tertiary/aromatic N) is 2. The molecule has 6 heteroatoms. The number of carbonyl (C=O) groups excluding carboxylic acids is 1. The van der Waals surface area contributed by atoms with Crippen molar-refractivity contribution in [1.82, 2.24) is 15.3 Å². The van der Waals surface area contributed by atoms with Gasteiger partial charge in [-0.1, -0.05) is 23.7 Å². The Labute approximate surface area is 144 Å². The number of pyridine rings is 2. The number of halogens is 1. The number of hydrogen-bond donors (Lipinski definition) is 1. The van der Waals surface area contributed by atoms with Gasteiger partial charge < -0.3 is 10.1 Å². The Hall–Kier alpha value is -2.50. The molecule has 0 saturated heterocycles. The Morgan fingerprint density at radius 3 is 2.79 bits per heavy atom. The second-order valence-electron chi connectivity index (χ2n) is 5.26. The summed E-state index contributed by atoms with van der Waals surface area (Å²) in [5.41, 5.74) is 3.16. The molecule has 0 bridgehead atoms. The largest absolute Gasteiger partial charge is 0.464 e. The summed E-state index contributed by atoms with van der Waals surface area (Å²) in [4.78, 5) is 19.7. The fourth-order valence-electron chi connectivity index (χ4n) is 2.39. The maximum atomic E-state index is 11.3. The van der Waals surface area contributed by atoms with E-state index in [4.69, 9.17) is 11.6 Å². The minimum Gasteiger partial charge on any atom is -0.464 e. The van der Waals surface area contributed by atoms with Crippen molar-refractivity contribution in [1.29, 1.82) is 0 Å². The molecule has 0 unspecified atom stereocenters. The van der Waals surface area contributed by atoms with Crippen LogP contribution in [-0.4, -0.2) is 23.0 Å². The number of nitrogens with one attached hydrogen (secondary N) is 1. The Morgan fingerprint density at radius 1 is 1.17 bits per heavy atom. The Balaban J connectivity index is 1.64. The second kappa shape index (κ2) is 7.38. The number of rotatable bonds is 5. The molecule has 122 valence electrons. The van der Waals surface area contributed by atoms with Crippen LogP contribution in [0.5, 0.6) is 0 Å². The van der Waals surface area contributed by atoms with Crippen LogP contribution in [0.2, 0.25) is 5.02 Å². The van der Waals surface area contributed by atoms with Gasteiger partial charge in [-0.15, -0.1) is 0 Å². The van der Waals surface area contributed by atoms with Crippen molar-refractivity contribution in [2.45, 2.75) is 13.1 Å². The summed E-state index contributed by atoms with van der Waals surface area (Å²) in [7, 11) is 1.34. The predicted molar refractivity (Wildman–Crippen MR) is 92.9 cm³/mol. The van der Waals surface area contributed by atoms with E-state index in [-0.39, 0.29) is 0 Å². The topological polar surface area (TPSA) is 64.1 Å². The third-order valence-corrected chi connectivity index (χ3v) is 4.11.